The van der Waals surface area contributed by atoms with Crippen LogP contribution >= 0.6 is 0 Å². The Kier molecular flexibility index (Phi) is 3.80. The summed E-state index contributed by atoms with van der Waals surface area (Å²) in [4.78, 5) is 40.2. The first-order valence-corrected chi connectivity index (χ1v) is 13.6. The van der Waals surface area contributed by atoms with Gasteiger partial charge in [0.25, 0.3) is 0 Å². The summed E-state index contributed by atoms with van der Waals surface area (Å²) >= 11 is 0. The number of ether oxygens (including phenoxy) is 3. The third-order valence-corrected chi connectivity index (χ3v) is 9.88. The average Bonchev–Trinajstić information content (AvgIpc) is 3.45. The summed E-state index contributed by atoms with van der Waals surface area (Å²) in [6.07, 6.45) is -21.3. The van der Waals surface area contributed by atoms with Gasteiger partial charge in [0.2, 0.25) is 5.78 Å². The molecule has 10 atom stereocenters. The summed E-state index contributed by atoms with van der Waals surface area (Å²) in [5.74, 6) is -9.90. The average molecular weight is 555 g/mol. The normalized spacial score (nSPS) is 61.7. The number of esters is 1. The van der Waals surface area contributed by atoms with Gasteiger partial charge >= 0.3 is 5.97 Å². The fraction of sp³-hybridized carbons (Fsp3) is 0.781. The van der Waals surface area contributed by atoms with Crippen molar-refractivity contribution in [2.45, 2.75) is 109 Å². The molecule has 0 aromatic rings. The Hall–Kier alpha value is -1.83. The number of rotatable bonds is 5. The number of hydrogen-bond donors (Lipinski definition) is 1. The van der Waals surface area contributed by atoms with Gasteiger partial charge in [-0.2, -0.15) is 0 Å². The van der Waals surface area contributed by atoms with Crippen molar-refractivity contribution in [3.63, 3.8) is 0 Å². The number of carbonyl (C=O) groups is 3. The van der Waals surface area contributed by atoms with Crippen molar-refractivity contribution in [1.29, 1.82) is 0 Å². The van der Waals surface area contributed by atoms with Gasteiger partial charge in [0.15, 0.2) is 24.2 Å². The molecule has 0 radical (unpaired) electrons. The monoisotopic (exact) mass is 554 g/mol. The Balaban J connectivity index is 1.52. The van der Waals surface area contributed by atoms with E-state index in [-0.39, 0.29) is 25.3 Å². The van der Waals surface area contributed by atoms with Gasteiger partial charge < -0.3 is 19.3 Å². The van der Waals surface area contributed by atoms with E-state index in [2.05, 4.69) is 0 Å². The Morgan fingerprint density at radius 2 is 2.10 bits per heavy atom. The Morgan fingerprint density at radius 1 is 1.31 bits per heavy atom. The van der Waals surface area contributed by atoms with E-state index in [1.54, 1.807) is 6.92 Å². The zero-order valence-electron chi connectivity index (χ0n) is 36.5. The number of hydrogen-bond acceptors (Lipinski definition) is 7. The van der Waals surface area contributed by atoms with Crippen LogP contribution in [-0.4, -0.2) is 53.3 Å². The highest BCUT2D eigenvalue weighted by molar-refractivity contribution is 6.01. The maximum Gasteiger partial charge on any atom is 0.308 e. The van der Waals surface area contributed by atoms with Crippen LogP contribution in [0.4, 0.5) is 0 Å². The van der Waals surface area contributed by atoms with Gasteiger partial charge in [0, 0.05) is 35.0 Å². The first kappa shape index (κ1) is 15.4. The fourth-order valence-corrected chi connectivity index (χ4v) is 8.06. The Bertz CT molecular complexity index is 1730. The minimum Gasteiger partial charge on any atom is -0.457 e. The van der Waals surface area contributed by atoms with Crippen LogP contribution in [0.3, 0.4) is 0 Å². The molecule has 4 saturated carbocycles. The Labute approximate surface area is 251 Å². The highest BCUT2D eigenvalue weighted by atomic mass is 16.7. The molecular formula is C32H44O7. The van der Waals surface area contributed by atoms with Crippen LogP contribution in [0, 0.1) is 40.4 Å². The molecule has 1 aliphatic heterocycles. The van der Waals surface area contributed by atoms with E-state index in [4.69, 9.17) is 30.7 Å². The molecular weight excluding hydrogens is 496 g/mol. The molecule has 5 fully saturated rings. The van der Waals surface area contributed by atoms with Crippen LogP contribution in [-0.2, 0) is 28.6 Å². The predicted molar refractivity (Wildman–Crippen MR) is 143 cm³/mol. The minimum absolute atomic E-state index is 0.191. The molecule has 0 amide bonds. The van der Waals surface area contributed by atoms with Crippen molar-refractivity contribution in [3.8, 4) is 0 Å². The molecule has 0 aromatic heterocycles. The first-order valence-electron chi connectivity index (χ1n) is 20.6. The highest BCUT2D eigenvalue weighted by Crippen LogP contribution is 2.70. The standard InChI is InChI=1S/C32H44O7/c1-18(2)28(36)37-17-25(35)32-26(38-29(39-32)19-8-6-5-7-9-19)15-23-22-11-10-20-14-21(33)12-13-30(20,3)27(22)24(34)16-31(23,32)4/h12-14,18-19,22-24,26-27,29,34H,5-11,15-17H2,1-4H3/t22-,23-,24-,26+,27+,29+,30-,31-,32+/m0/s1/i5D2,6D2,7D2,8D2,12D,14D,17D2,19D,29D/t19?,22-,23-,24-,26+,27+,29+,30-,31-,32+. The number of allylic oxidation sites excluding steroid dienone is 4. The molecule has 5 aliphatic carbocycles. The molecule has 214 valence electrons. The van der Waals surface area contributed by atoms with Crippen molar-refractivity contribution in [1.82, 2.24) is 0 Å². The van der Waals surface area contributed by atoms with Crippen LogP contribution in [0.2, 0.25) is 0 Å². The summed E-state index contributed by atoms with van der Waals surface area (Å²) in [7, 11) is 0. The zero-order valence-corrected chi connectivity index (χ0v) is 22.5. The summed E-state index contributed by atoms with van der Waals surface area (Å²) < 4.78 is 138. The van der Waals surface area contributed by atoms with Gasteiger partial charge in [0.05, 0.1) is 25.0 Å². The fourth-order valence-electron chi connectivity index (χ4n) is 8.06. The molecule has 6 aliphatic rings. The minimum atomic E-state index is -3.79. The molecule has 1 heterocycles. The van der Waals surface area contributed by atoms with Gasteiger partial charge in [-0.05, 0) is 62.4 Å². The van der Waals surface area contributed by atoms with E-state index in [9.17, 15) is 22.2 Å². The van der Waals surface area contributed by atoms with Gasteiger partial charge in [-0.1, -0.05) is 58.5 Å². The lowest BCUT2D eigenvalue weighted by Gasteiger charge is -2.59. The molecule has 1 N–H and O–H groups in total. The number of ketones is 2. The van der Waals surface area contributed by atoms with Crippen molar-refractivity contribution in [2.24, 2.45) is 40.4 Å². The molecule has 0 spiro atoms. The highest BCUT2D eigenvalue weighted by Gasteiger charge is 2.76. The second-order valence-electron chi connectivity index (χ2n) is 12.2. The lowest BCUT2D eigenvalue weighted by molar-refractivity contribution is -0.210. The van der Waals surface area contributed by atoms with Crippen LogP contribution in [0.15, 0.2) is 23.8 Å². The summed E-state index contributed by atoms with van der Waals surface area (Å²) in [5.41, 5.74) is -5.22. The molecule has 7 nitrogen and oxygen atoms in total. The molecule has 7 heteroatoms. The van der Waals surface area contributed by atoms with Gasteiger partial charge in [-0.3, -0.25) is 14.4 Å². The van der Waals surface area contributed by atoms with E-state index in [0.717, 1.165) is 0 Å². The number of aliphatic hydroxyl groups is 1. The van der Waals surface area contributed by atoms with E-state index in [0.29, 0.717) is 5.57 Å². The lowest BCUT2D eigenvalue weighted by Crippen LogP contribution is -2.63. The third kappa shape index (κ3) is 3.97. The van der Waals surface area contributed by atoms with Crippen LogP contribution in [0.25, 0.3) is 0 Å². The molecule has 0 aromatic carbocycles. The van der Waals surface area contributed by atoms with E-state index < -0.39 is 133 Å². The van der Waals surface area contributed by atoms with Crippen molar-refractivity contribution in [3.05, 3.63) is 23.8 Å². The van der Waals surface area contributed by atoms with Crippen LogP contribution in [0.5, 0.6) is 0 Å². The van der Waals surface area contributed by atoms with Gasteiger partial charge in [-0.25, -0.2) is 0 Å². The van der Waals surface area contributed by atoms with Crippen molar-refractivity contribution >= 4 is 17.5 Å². The number of Topliss-reactive ketones (excluding diaryl/α,β-unsaturated/α-hetero) is 1. The molecule has 6 rings (SSSR count). The van der Waals surface area contributed by atoms with E-state index in [1.165, 1.54) is 26.8 Å². The predicted octanol–water partition coefficient (Wildman–Crippen LogP) is 4.70. The van der Waals surface area contributed by atoms with Crippen molar-refractivity contribution in [2.75, 3.05) is 6.56 Å². The number of aliphatic hydroxyl groups excluding tert-OH is 1. The van der Waals surface area contributed by atoms with E-state index in [1.807, 2.05) is 0 Å². The topological polar surface area (TPSA) is 99.1 Å². The largest absolute Gasteiger partial charge is 0.457 e. The quantitative estimate of drug-likeness (QED) is 0.492. The second kappa shape index (κ2) is 9.63. The molecule has 1 saturated heterocycles. The van der Waals surface area contributed by atoms with E-state index >= 15 is 0 Å². The van der Waals surface area contributed by atoms with Gasteiger partial charge in [-0.15, -0.1) is 0 Å². The number of fused-ring (bicyclic) bond motifs is 7. The summed E-state index contributed by atoms with van der Waals surface area (Å²) in [6, 6.07) is -0.763. The SMILES string of the molecule is [2H]C1=C[C@@]2(C)C(=C([2H])C1=O)CC[C@@H]1[C@@H]2[C@@H](O)C[C@@]2(C)[C@H]1C[C@H]1O[C@@]([2H])(C3([2H])CC([2H])([2H])C([2H])([2H])C([2H])([2H])C3([2H])[2H])O[C@]12C(=O)C([2H])([2H])OC(=O)C(C)C. The molecule has 0 bridgehead atoms. The third-order valence-electron chi connectivity index (χ3n) is 9.88. The van der Waals surface area contributed by atoms with Crippen LogP contribution < -0.4 is 0 Å². The smallest absolute Gasteiger partial charge is 0.308 e. The second-order valence-corrected chi connectivity index (χ2v) is 12.2. The van der Waals surface area contributed by atoms with Crippen molar-refractivity contribution < 1.29 is 52.9 Å². The number of carbonyl (C=O) groups excluding carboxylic acids is 3. The lowest BCUT2D eigenvalue weighted by atomic mass is 9.46. The Morgan fingerprint density at radius 3 is 2.87 bits per heavy atom. The summed E-state index contributed by atoms with van der Waals surface area (Å²) in [5, 5.41) is 12.1. The van der Waals surface area contributed by atoms with Crippen LogP contribution in [0.1, 0.15) is 104 Å². The first-order chi connectivity index (χ1) is 23.8. The summed E-state index contributed by atoms with van der Waals surface area (Å²) in [6.45, 7) is 2.44. The maximum absolute atomic E-state index is 14.9. The maximum atomic E-state index is 14.9. The zero-order chi connectivity index (χ0) is 40.3. The van der Waals surface area contributed by atoms with Gasteiger partial charge in [0.1, 0.15) is 0 Å². The molecule has 39 heavy (non-hydrogen) atoms. The molecule has 1 unspecified atom stereocenters.